The first-order valence-electron chi connectivity index (χ1n) is 12.9. The van der Waals surface area contributed by atoms with E-state index in [9.17, 15) is 13.2 Å². The van der Waals surface area contributed by atoms with Gasteiger partial charge in [0.25, 0.3) is 0 Å². The molecule has 0 radical (unpaired) electrons. The molecule has 2 heterocycles. The number of hydrogen-bond donors (Lipinski definition) is 0. The van der Waals surface area contributed by atoms with Gasteiger partial charge in [0.2, 0.25) is 11.9 Å². The maximum atomic E-state index is 13.6. The van der Waals surface area contributed by atoms with Crippen molar-refractivity contribution >= 4 is 34.9 Å². The molecule has 0 N–H and O–H groups in total. The van der Waals surface area contributed by atoms with Gasteiger partial charge in [0.1, 0.15) is 5.82 Å². The molecule has 11 heteroatoms. The SMILES string of the molecule is CCCN(CCC)c1nc(C2=CC=CCC(Cl)=C2)nc(N(C)CCN(CC)c2ncccc2C(F)(F)F)n1. The Morgan fingerprint density at radius 3 is 2.32 bits per heavy atom. The van der Waals surface area contributed by atoms with E-state index in [2.05, 4.69) is 23.7 Å². The van der Waals surface area contributed by atoms with Gasteiger partial charge in [-0.1, -0.05) is 43.7 Å². The molecular formula is C27H35ClF3N7. The second-order valence-corrected chi connectivity index (χ2v) is 9.45. The van der Waals surface area contributed by atoms with E-state index in [1.165, 1.54) is 12.3 Å². The van der Waals surface area contributed by atoms with Crippen LogP contribution in [0.2, 0.25) is 0 Å². The zero-order chi connectivity index (χ0) is 27.7. The average Bonchev–Trinajstić information content (AvgIpc) is 3.12. The van der Waals surface area contributed by atoms with Gasteiger partial charge in [0, 0.05) is 63.0 Å². The van der Waals surface area contributed by atoms with Crippen molar-refractivity contribution in [3.8, 4) is 0 Å². The number of alkyl halides is 3. The monoisotopic (exact) mass is 549 g/mol. The summed E-state index contributed by atoms with van der Waals surface area (Å²) in [6, 6.07) is 2.36. The Morgan fingerprint density at radius 1 is 0.947 bits per heavy atom. The van der Waals surface area contributed by atoms with Crippen LogP contribution in [0.4, 0.5) is 30.9 Å². The third-order valence-corrected chi connectivity index (χ3v) is 6.26. The highest BCUT2D eigenvalue weighted by molar-refractivity contribution is 6.30. The number of anilines is 3. The molecule has 0 aliphatic heterocycles. The summed E-state index contributed by atoms with van der Waals surface area (Å²) in [4.78, 5) is 23.9. The third-order valence-electron chi connectivity index (χ3n) is 6.00. The third kappa shape index (κ3) is 7.69. The van der Waals surface area contributed by atoms with Crippen LogP contribution < -0.4 is 14.7 Å². The molecule has 7 nitrogen and oxygen atoms in total. The number of halogens is 4. The van der Waals surface area contributed by atoms with E-state index in [-0.39, 0.29) is 5.82 Å². The van der Waals surface area contributed by atoms with Crippen LogP contribution in [0.15, 0.2) is 47.7 Å². The number of pyridine rings is 1. The first-order chi connectivity index (χ1) is 18.2. The van der Waals surface area contributed by atoms with Crippen molar-refractivity contribution in [1.29, 1.82) is 0 Å². The second-order valence-electron chi connectivity index (χ2n) is 8.97. The van der Waals surface area contributed by atoms with Gasteiger partial charge >= 0.3 is 6.18 Å². The van der Waals surface area contributed by atoms with Crippen molar-refractivity contribution < 1.29 is 13.2 Å². The van der Waals surface area contributed by atoms with Crippen LogP contribution in [0, 0.1) is 0 Å². The van der Waals surface area contributed by atoms with E-state index in [0.29, 0.717) is 48.8 Å². The zero-order valence-corrected chi connectivity index (χ0v) is 23.1. The van der Waals surface area contributed by atoms with Gasteiger partial charge in [-0.25, -0.2) is 4.98 Å². The number of hydrogen-bond acceptors (Lipinski definition) is 7. The Balaban J connectivity index is 1.94. The lowest BCUT2D eigenvalue weighted by Crippen LogP contribution is -2.36. The normalized spacial score (nSPS) is 13.6. The van der Waals surface area contributed by atoms with Gasteiger partial charge < -0.3 is 14.7 Å². The fourth-order valence-corrected chi connectivity index (χ4v) is 4.28. The smallest absolute Gasteiger partial charge is 0.355 e. The predicted molar refractivity (Wildman–Crippen MR) is 149 cm³/mol. The Labute approximate surface area is 227 Å². The molecule has 0 bridgehead atoms. The molecule has 1 aliphatic rings. The molecule has 38 heavy (non-hydrogen) atoms. The second kappa shape index (κ2) is 13.6. The molecule has 2 aromatic rings. The minimum atomic E-state index is -4.49. The lowest BCUT2D eigenvalue weighted by atomic mass is 10.2. The zero-order valence-electron chi connectivity index (χ0n) is 22.3. The highest BCUT2D eigenvalue weighted by atomic mass is 35.5. The minimum absolute atomic E-state index is 0.0832. The van der Waals surface area contributed by atoms with Crippen LogP contribution in [0.3, 0.4) is 0 Å². The van der Waals surface area contributed by atoms with Crippen molar-refractivity contribution in [2.24, 2.45) is 0 Å². The van der Waals surface area contributed by atoms with Gasteiger partial charge in [0.05, 0.1) is 5.56 Å². The van der Waals surface area contributed by atoms with Crippen molar-refractivity contribution in [1.82, 2.24) is 19.9 Å². The number of nitrogens with zero attached hydrogens (tertiary/aromatic N) is 7. The average molecular weight is 550 g/mol. The largest absolute Gasteiger partial charge is 0.419 e. The number of allylic oxidation sites excluding steroid dienone is 6. The number of aromatic nitrogens is 4. The van der Waals surface area contributed by atoms with Crippen LogP contribution in [0.25, 0.3) is 5.57 Å². The van der Waals surface area contributed by atoms with Crippen molar-refractivity contribution in [3.63, 3.8) is 0 Å². The first-order valence-corrected chi connectivity index (χ1v) is 13.3. The van der Waals surface area contributed by atoms with Gasteiger partial charge in [-0.05, 0) is 38.0 Å². The van der Waals surface area contributed by atoms with Crippen molar-refractivity contribution in [3.05, 3.63) is 59.1 Å². The highest BCUT2D eigenvalue weighted by Crippen LogP contribution is 2.35. The maximum absolute atomic E-state index is 13.6. The summed E-state index contributed by atoms with van der Waals surface area (Å²) in [5.41, 5.74) is 0.0227. The maximum Gasteiger partial charge on any atom is 0.419 e. The fourth-order valence-electron chi connectivity index (χ4n) is 4.07. The topological polar surface area (TPSA) is 61.3 Å². The Hall–Kier alpha value is -3.14. The summed E-state index contributed by atoms with van der Waals surface area (Å²) < 4.78 is 40.8. The number of rotatable bonds is 12. The molecule has 0 atom stereocenters. The molecule has 2 aromatic heterocycles. The molecule has 0 fully saturated rings. The number of likely N-dealkylation sites (N-methyl/N-ethyl adjacent to an activating group) is 2. The fraction of sp³-hybridized carbons (Fsp3) is 0.481. The van der Waals surface area contributed by atoms with Gasteiger partial charge in [-0.3, -0.25) is 0 Å². The van der Waals surface area contributed by atoms with Crippen molar-refractivity contribution in [2.45, 2.75) is 46.2 Å². The Bertz CT molecular complexity index is 1160. The standard InChI is InChI=1S/C27H35ClF3N7/c1-5-15-38(16-6-2)26-34-23(20-11-8-9-12-21(28)19-20)33-25(35-26)36(4)17-18-37(7-3)24-22(27(29,30)31)13-10-14-32-24/h8-11,13-14,19H,5-7,12,15-18H2,1-4H3. The molecule has 3 rings (SSSR count). The summed E-state index contributed by atoms with van der Waals surface area (Å²) in [7, 11) is 1.83. The molecule has 0 saturated carbocycles. The summed E-state index contributed by atoms with van der Waals surface area (Å²) in [5.74, 6) is 1.42. The molecule has 0 saturated heterocycles. The molecule has 206 valence electrons. The van der Waals surface area contributed by atoms with Gasteiger partial charge in [-0.15, -0.1) is 0 Å². The van der Waals surface area contributed by atoms with Crippen LogP contribution >= 0.6 is 11.6 Å². The predicted octanol–water partition coefficient (Wildman–Crippen LogP) is 6.34. The van der Waals surface area contributed by atoms with E-state index in [0.717, 1.165) is 37.6 Å². The molecular weight excluding hydrogens is 515 g/mol. The molecule has 1 aliphatic carbocycles. The van der Waals surface area contributed by atoms with E-state index in [4.69, 9.17) is 26.6 Å². The van der Waals surface area contributed by atoms with E-state index in [1.54, 1.807) is 4.90 Å². The summed E-state index contributed by atoms with van der Waals surface area (Å²) in [5, 5.41) is 0.676. The lowest BCUT2D eigenvalue weighted by Gasteiger charge is -2.28. The molecule has 0 unspecified atom stereocenters. The Morgan fingerprint density at radius 2 is 1.66 bits per heavy atom. The van der Waals surface area contributed by atoms with E-state index < -0.39 is 11.7 Å². The van der Waals surface area contributed by atoms with Crippen LogP contribution in [0.1, 0.15) is 51.4 Å². The van der Waals surface area contributed by atoms with Gasteiger partial charge in [0.15, 0.2) is 5.82 Å². The van der Waals surface area contributed by atoms with E-state index in [1.807, 2.05) is 43.2 Å². The molecule has 0 spiro atoms. The highest BCUT2D eigenvalue weighted by Gasteiger charge is 2.35. The quantitative estimate of drug-likeness (QED) is 0.306. The van der Waals surface area contributed by atoms with Crippen LogP contribution in [0.5, 0.6) is 0 Å². The summed E-state index contributed by atoms with van der Waals surface area (Å²) in [6.45, 7) is 8.64. The summed E-state index contributed by atoms with van der Waals surface area (Å²) in [6.07, 6.45) is 7.05. The molecule has 0 aromatic carbocycles. The Kier molecular flexibility index (Phi) is 10.5. The lowest BCUT2D eigenvalue weighted by molar-refractivity contribution is -0.137. The first kappa shape index (κ1) is 29.4. The van der Waals surface area contributed by atoms with Gasteiger partial charge in [-0.2, -0.15) is 28.1 Å². The van der Waals surface area contributed by atoms with E-state index >= 15 is 0 Å². The minimum Gasteiger partial charge on any atom is -0.355 e. The van der Waals surface area contributed by atoms with Crippen LogP contribution in [-0.2, 0) is 6.18 Å². The molecule has 0 amide bonds. The summed E-state index contributed by atoms with van der Waals surface area (Å²) >= 11 is 6.36. The van der Waals surface area contributed by atoms with Crippen LogP contribution in [-0.4, -0.2) is 59.7 Å². The van der Waals surface area contributed by atoms with Crippen molar-refractivity contribution in [2.75, 3.05) is 54.5 Å².